The number of aliphatic hydroxyl groups excluding tert-OH is 1. The van der Waals surface area contributed by atoms with Crippen molar-refractivity contribution in [3.05, 3.63) is 18.2 Å². The summed E-state index contributed by atoms with van der Waals surface area (Å²) in [5.74, 6) is 3.30. The molecule has 2 aliphatic carbocycles. The maximum Gasteiger partial charge on any atom is 0.111 e. The van der Waals surface area contributed by atoms with Gasteiger partial charge in [-0.25, -0.2) is 4.98 Å². The summed E-state index contributed by atoms with van der Waals surface area (Å²) in [5, 5.41) is 10.3. The maximum absolute atomic E-state index is 10.3. The van der Waals surface area contributed by atoms with E-state index in [1.807, 2.05) is 12.4 Å². The number of rotatable bonds is 5. The van der Waals surface area contributed by atoms with Crippen LogP contribution < -0.4 is 0 Å². The van der Waals surface area contributed by atoms with Crippen LogP contribution in [-0.2, 0) is 13.0 Å². The van der Waals surface area contributed by atoms with Gasteiger partial charge in [0.05, 0.1) is 6.10 Å². The van der Waals surface area contributed by atoms with Crippen LogP contribution >= 0.6 is 0 Å². The van der Waals surface area contributed by atoms with Gasteiger partial charge in [0.2, 0.25) is 0 Å². The molecule has 0 amide bonds. The third kappa shape index (κ3) is 2.01. The number of hydrogen-bond donors (Lipinski definition) is 1. The zero-order valence-electron chi connectivity index (χ0n) is 10.5. The van der Waals surface area contributed by atoms with Crippen LogP contribution in [-0.4, -0.2) is 20.8 Å². The Morgan fingerprint density at radius 3 is 2.94 bits per heavy atom. The standard InChI is InChI=1S/C14H22N2O/c1-2-7-16-8-6-15-13(16)9-12(17)14-10-4-3-5-11(10)14/h6,8,10-12,14,17H,2-5,7,9H2,1H3. The molecular formula is C14H22N2O. The lowest BCUT2D eigenvalue weighted by atomic mass is 10.0. The molecule has 0 aromatic carbocycles. The van der Waals surface area contributed by atoms with E-state index in [2.05, 4.69) is 16.5 Å². The molecule has 2 fully saturated rings. The molecule has 1 N–H and O–H groups in total. The van der Waals surface area contributed by atoms with Crippen LogP contribution in [0.25, 0.3) is 0 Å². The summed E-state index contributed by atoms with van der Waals surface area (Å²) in [7, 11) is 0. The molecule has 0 radical (unpaired) electrons. The van der Waals surface area contributed by atoms with Gasteiger partial charge < -0.3 is 9.67 Å². The van der Waals surface area contributed by atoms with Crippen LogP contribution in [0.1, 0.15) is 38.4 Å². The van der Waals surface area contributed by atoms with Gasteiger partial charge in [-0.2, -0.15) is 0 Å². The van der Waals surface area contributed by atoms with Crippen molar-refractivity contribution in [2.24, 2.45) is 17.8 Å². The maximum atomic E-state index is 10.3. The van der Waals surface area contributed by atoms with E-state index < -0.39 is 0 Å². The molecule has 1 aromatic rings. The molecule has 3 rings (SSSR count). The van der Waals surface area contributed by atoms with E-state index >= 15 is 0 Å². The zero-order chi connectivity index (χ0) is 11.8. The van der Waals surface area contributed by atoms with Crippen molar-refractivity contribution in [2.45, 2.75) is 51.7 Å². The second-order valence-electron chi connectivity index (χ2n) is 5.64. The van der Waals surface area contributed by atoms with Crippen LogP contribution in [0.4, 0.5) is 0 Å². The van der Waals surface area contributed by atoms with E-state index in [0.29, 0.717) is 5.92 Å². The van der Waals surface area contributed by atoms with Crippen LogP contribution in [0.2, 0.25) is 0 Å². The number of aryl methyl sites for hydroxylation is 1. The summed E-state index contributed by atoms with van der Waals surface area (Å²) < 4.78 is 2.18. The second kappa shape index (κ2) is 4.45. The molecule has 2 saturated carbocycles. The SMILES string of the molecule is CCCn1ccnc1CC(O)C1C2CCCC21. The summed E-state index contributed by atoms with van der Waals surface area (Å²) in [6, 6.07) is 0. The fourth-order valence-electron chi connectivity index (χ4n) is 3.75. The fraction of sp³-hybridized carbons (Fsp3) is 0.786. The number of imidazole rings is 1. The summed E-state index contributed by atoms with van der Waals surface area (Å²) in [6.45, 7) is 3.19. The topological polar surface area (TPSA) is 38.0 Å². The van der Waals surface area contributed by atoms with E-state index in [1.54, 1.807) is 0 Å². The summed E-state index contributed by atoms with van der Waals surface area (Å²) in [6.07, 6.45) is 9.64. The summed E-state index contributed by atoms with van der Waals surface area (Å²) >= 11 is 0. The minimum absolute atomic E-state index is 0.164. The van der Waals surface area contributed by atoms with Gasteiger partial charge >= 0.3 is 0 Å². The molecule has 94 valence electrons. The molecule has 3 heteroatoms. The second-order valence-corrected chi connectivity index (χ2v) is 5.64. The van der Waals surface area contributed by atoms with E-state index in [-0.39, 0.29) is 6.10 Å². The van der Waals surface area contributed by atoms with E-state index in [0.717, 1.165) is 37.0 Å². The Bertz CT molecular complexity index is 377. The van der Waals surface area contributed by atoms with Crippen LogP contribution in [0, 0.1) is 17.8 Å². The molecule has 3 unspecified atom stereocenters. The summed E-state index contributed by atoms with van der Waals surface area (Å²) in [5.41, 5.74) is 0. The van der Waals surface area contributed by atoms with Gasteiger partial charge in [0.15, 0.2) is 0 Å². The molecule has 0 bridgehead atoms. The average Bonchev–Trinajstić information content (AvgIpc) is 2.68. The Hall–Kier alpha value is -0.830. The van der Waals surface area contributed by atoms with E-state index in [9.17, 15) is 5.11 Å². The Morgan fingerprint density at radius 1 is 1.47 bits per heavy atom. The minimum Gasteiger partial charge on any atom is -0.392 e. The molecule has 0 aliphatic heterocycles. The van der Waals surface area contributed by atoms with Crippen LogP contribution in [0.3, 0.4) is 0 Å². The van der Waals surface area contributed by atoms with Gasteiger partial charge in [-0.1, -0.05) is 13.3 Å². The van der Waals surface area contributed by atoms with Crippen molar-refractivity contribution < 1.29 is 5.11 Å². The summed E-state index contributed by atoms with van der Waals surface area (Å²) in [4.78, 5) is 4.38. The molecule has 3 atom stereocenters. The quantitative estimate of drug-likeness (QED) is 0.848. The van der Waals surface area contributed by atoms with Crippen molar-refractivity contribution >= 4 is 0 Å². The van der Waals surface area contributed by atoms with Gasteiger partial charge in [-0.15, -0.1) is 0 Å². The van der Waals surface area contributed by atoms with Crippen molar-refractivity contribution in [1.82, 2.24) is 9.55 Å². The smallest absolute Gasteiger partial charge is 0.111 e. The highest BCUT2D eigenvalue weighted by Gasteiger charge is 2.55. The molecule has 1 aromatic heterocycles. The van der Waals surface area contributed by atoms with Crippen molar-refractivity contribution in [3.8, 4) is 0 Å². The van der Waals surface area contributed by atoms with Crippen LogP contribution in [0.5, 0.6) is 0 Å². The Kier molecular flexibility index (Phi) is 2.95. The van der Waals surface area contributed by atoms with Gasteiger partial charge in [-0.05, 0) is 37.0 Å². The van der Waals surface area contributed by atoms with E-state index in [4.69, 9.17) is 0 Å². The van der Waals surface area contributed by atoms with Crippen molar-refractivity contribution in [1.29, 1.82) is 0 Å². The molecular weight excluding hydrogens is 212 g/mol. The molecule has 3 nitrogen and oxygen atoms in total. The molecule has 0 saturated heterocycles. The highest BCUT2D eigenvalue weighted by molar-refractivity contribution is 5.07. The lowest BCUT2D eigenvalue weighted by Gasteiger charge is -2.13. The molecule has 0 spiro atoms. The number of hydrogen-bond acceptors (Lipinski definition) is 2. The lowest BCUT2D eigenvalue weighted by Crippen LogP contribution is -2.19. The first-order valence-corrected chi connectivity index (χ1v) is 6.99. The third-order valence-electron chi connectivity index (χ3n) is 4.57. The Balaban J connectivity index is 1.60. The number of nitrogens with zero attached hydrogens (tertiary/aromatic N) is 2. The molecule has 17 heavy (non-hydrogen) atoms. The van der Waals surface area contributed by atoms with Gasteiger partial charge in [0.1, 0.15) is 5.82 Å². The Labute approximate surface area is 103 Å². The minimum atomic E-state index is -0.164. The fourth-order valence-corrected chi connectivity index (χ4v) is 3.75. The predicted molar refractivity (Wildman–Crippen MR) is 66.5 cm³/mol. The average molecular weight is 234 g/mol. The first-order valence-electron chi connectivity index (χ1n) is 6.99. The Morgan fingerprint density at radius 2 is 2.24 bits per heavy atom. The van der Waals surface area contributed by atoms with Gasteiger partial charge in [0.25, 0.3) is 0 Å². The zero-order valence-corrected chi connectivity index (χ0v) is 10.5. The lowest BCUT2D eigenvalue weighted by molar-refractivity contribution is 0.132. The van der Waals surface area contributed by atoms with Crippen LogP contribution in [0.15, 0.2) is 12.4 Å². The van der Waals surface area contributed by atoms with Gasteiger partial charge in [0, 0.05) is 25.4 Å². The van der Waals surface area contributed by atoms with Crippen molar-refractivity contribution in [2.75, 3.05) is 0 Å². The monoisotopic (exact) mass is 234 g/mol. The predicted octanol–water partition coefficient (Wildman–Crippen LogP) is 2.24. The normalized spacial score (nSPS) is 32.5. The van der Waals surface area contributed by atoms with Crippen molar-refractivity contribution in [3.63, 3.8) is 0 Å². The third-order valence-corrected chi connectivity index (χ3v) is 4.57. The first-order chi connectivity index (χ1) is 8.31. The highest BCUT2D eigenvalue weighted by atomic mass is 16.3. The number of fused-ring (bicyclic) bond motifs is 1. The molecule has 1 heterocycles. The molecule has 2 aliphatic rings. The number of aliphatic hydroxyl groups is 1. The van der Waals surface area contributed by atoms with E-state index in [1.165, 1.54) is 19.3 Å². The highest BCUT2D eigenvalue weighted by Crippen LogP contribution is 2.59. The van der Waals surface area contributed by atoms with Gasteiger partial charge in [-0.3, -0.25) is 0 Å². The number of aromatic nitrogens is 2. The first kappa shape index (κ1) is 11.3. The largest absolute Gasteiger partial charge is 0.392 e.